The molecule has 4 rings (SSSR count). The van der Waals surface area contributed by atoms with E-state index in [-0.39, 0.29) is 0 Å². The highest BCUT2D eigenvalue weighted by Gasteiger charge is 2.20. The summed E-state index contributed by atoms with van der Waals surface area (Å²) in [6, 6.07) is 8.39. The molecule has 1 aromatic heterocycles. The number of imidazole rings is 1. The summed E-state index contributed by atoms with van der Waals surface area (Å²) < 4.78 is 7.66. The second-order valence-electron chi connectivity index (χ2n) is 7.15. The Bertz CT molecular complexity index is 686. The Morgan fingerprint density at radius 1 is 0.880 bits per heavy atom. The molecular weight excluding hydrogens is 314 g/mol. The highest BCUT2D eigenvalue weighted by molar-refractivity contribution is 5.75. The first kappa shape index (κ1) is 17.0. The summed E-state index contributed by atoms with van der Waals surface area (Å²) >= 11 is 0. The Balaban J connectivity index is 1.26. The molecule has 0 atom stereocenters. The fourth-order valence-corrected chi connectivity index (χ4v) is 3.82. The minimum absolute atomic E-state index is 0.895. The number of rotatable bonds is 5. The molecule has 0 bridgehead atoms. The van der Waals surface area contributed by atoms with Crippen molar-refractivity contribution < 1.29 is 4.74 Å². The molecule has 25 heavy (non-hydrogen) atoms. The molecule has 0 aliphatic carbocycles. The first-order valence-electron chi connectivity index (χ1n) is 9.45. The van der Waals surface area contributed by atoms with Crippen LogP contribution in [0.2, 0.25) is 0 Å². The van der Waals surface area contributed by atoms with Gasteiger partial charge in [0.1, 0.15) is 5.82 Å². The Labute approximate surface area is 150 Å². The highest BCUT2D eigenvalue weighted by Crippen LogP contribution is 2.16. The van der Waals surface area contributed by atoms with Crippen molar-refractivity contribution in [2.75, 3.05) is 65.6 Å². The van der Waals surface area contributed by atoms with Crippen molar-refractivity contribution in [3.05, 3.63) is 30.1 Å². The molecule has 2 aliphatic rings. The second-order valence-corrected chi connectivity index (χ2v) is 7.15. The molecule has 6 heteroatoms. The van der Waals surface area contributed by atoms with Gasteiger partial charge < -0.3 is 9.30 Å². The van der Waals surface area contributed by atoms with Gasteiger partial charge in [-0.25, -0.2) is 4.98 Å². The van der Waals surface area contributed by atoms with Gasteiger partial charge in [0.15, 0.2) is 0 Å². The summed E-state index contributed by atoms with van der Waals surface area (Å²) in [5, 5.41) is 0. The quantitative estimate of drug-likeness (QED) is 0.810. The molecule has 3 heterocycles. The summed E-state index contributed by atoms with van der Waals surface area (Å²) in [7, 11) is 2.13. The summed E-state index contributed by atoms with van der Waals surface area (Å²) in [5.41, 5.74) is 2.32. The molecule has 136 valence electrons. The van der Waals surface area contributed by atoms with E-state index in [2.05, 4.69) is 50.6 Å². The van der Waals surface area contributed by atoms with Crippen LogP contribution in [-0.2, 0) is 18.3 Å². The van der Waals surface area contributed by atoms with E-state index < -0.39 is 0 Å². The molecule has 0 saturated carbocycles. The lowest BCUT2D eigenvalue weighted by Gasteiger charge is -2.36. The number of piperazine rings is 1. The van der Waals surface area contributed by atoms with Gasteiger partial charge in [-0.3, -0.25) is 14.7 Å². The molecule has 0 N–H and O–H groups in total. The Morgan fingerprint density at radius 2 is 1.52 bits per heavy atom. The maximum Gasteiger partial charge on any atom is 0.123 e. The number of benzene rings is 1. The second kappa shape index (κ2) is 7.83. The van der Waals surface area contributed by atoms with Gasteiger partial charge in [-0.15, -0.1) is 0 Å². The van der Waals surface area contributed by atoms with Gasteiger partial charge in [0.2, 0.25) is 0 Å². The van der Waals surface area contributed by atoms with Crippen LogP contribution in [0.4, 0.5) is 0 Å². The summed E-state index contributed by atoms with van der Waals surface area (Å²) in [6.45, 7) is 11.9. The number of para-hydroxylation sites is 2. The van der Waals surface area contributed by atoms with Crippen molar-refractivity contribution in [1.29, 1.82) is 0 Å². The Morgan fingerprint density at radius 3 is 2.24 bits per heavy atom. The van der Waals surface area contributed by atoms with E-state index in [0.29, 0.717) is 0 Å². The number of hydrogen-bond acceptors (Lipinski definition) is 5. The third kappa shape index (κ3) is 4.03. The lowest BCUT2D eigenvalue weighted by atomic mass is 10.3. The maximum absolute atomic E-state index is 5.42. The average Bonchev–Trinajstić information content (AvgIpc) is 2.98. The van der Waals surface area contributed by atoms with Crippen LogP contribution in [0.1, 0.15) is 5.82 Å². The SMILES string of the molecule is Cn1c(CN2CCN(CCN3CCOCC3)CC2)nc2ccccc21. The topological polar surface area (TPSA) is 36.8 Å². The van der Waals surface area contributed by atoms with Crippen LogP contribution < -0.4 is 0 Å². The minimum atomic E-state index is 0.895. The number of aryl methyl sites for hydroxylation is 1. The third-order valence-corrected chi connectivity index (χ3v) is 5.55. The number of ether oxygens (including phenoxy) is 1. The normalized spacial score (nSPS) is 21.2. The van der Waals surface area contributed by atoms with Gasteiger partial charge in [-0.05, 0) is 12.1 Å². The van der Waals surface area contributed by atoms with Crippen LogP contribution in [0.5, 0.6) is 0 Å². The van der Waals surface area contributed by atoms with Gasteiger partial charge in [0, 0.05) is 59.4 Å². The predicted molar refractivity (Wildman–Crippen MR) is 99.7 cm³/mol. The lowest BCUT2D eigenvalue weighted by molar-refractivity contribution is 0.0295. The number of aromatic nitrogens is 2. The van der Waals surface area contributed by atoms with Gasteiger partial charge in [0.05, 0.1) is 30.8 Å². The van der Waals surface area contributed by atoms with Crippen LogP contribution in [0, 0.1) is 0 Å². The number of hydrogen-bond donors (Lipinski definition) is 0. The smallest absolute Gasteiger partial charge is 0.123 e. The highest BCUT2D eigenvalue weighted by atomic mass is 16.5. The van der Waals surface area contributed by atoms with E-state index in [1.54, 1.807) is 0 Å². The standard InChI is InChI=1S/C19H29N5O/c1-21-18-5-3-2-4-17(18)20-19(21)16-24-10-8-22(9-11-24)6-7-23-12-14-25-15-13-23/h2-5H,6-16H2,1H3. The van der Waals surface area contributed by atoms with E-state index in [9.17, 15) is 0 Å². The zero-order valence-electron chi connectivity index (χ0n) is 15.2. The fraction of sp³-hybridized carbons (Fsp3) is 0.632. The Hall–Kier alpha value is -1.47. The van der Waals surface area contributed by atoms with Crippen LogP contribution in [0.3, 0.4) is 0 Å². The maximum atomic E-state index is 5.42. The average molecular weight is 343 g/mol. The van der Waals surface area contributed by atoms with Crippen LogP contribution in [-0.4, -0.2) is 89.8 Å². The van der Waals surface area contributed by atoms with Gasteiger partial charge in [0.25, 0.3) is 0 Å². The van der Waals surface area contributed by atoms with Crippen molar-refractivity contribution in [2.45, 2.75) is 6.54 Å². The van der Waals surface area contributed by atoms with Gasteiger partial charge in [-0.1, -0.05) is 12.1 Å². The lowest BCUT2D eigenvalue weighted by Crippen LogP contribution is -2.49. The summed E-state index contributed by atoms with van der Waals surface area (Å²) in [5.74, 6) is 1.17. The molecule has 2 fully saturated rings. The summed E-state index contributed by atoms with van der Waals surface area (Å²) in [4.78, 5) is 12.5. The molecule has 0 radical (unpaired) electrons. The largest absolute Gasteiger partial charge is 0.379 e. The molecule has 2 aliphatic heterocycles. The molecule has 6 nitrogen and oxygen atoms in total. The summed E-state index contributed by atoms with van der Waals surface area (Å²) in [6.07, 6.45) is 0. The van der Waals surface area contributed by atoms with Gasteiger partial charge >= 0.3 is 0 Å². The fourth-order valence-electron chi connectivity index (χ4n) is 3.82. The molecule has 2 aromatic rings. The minimum Gasteiger partial charge on any atom is -0.379 e. The number of nitrogens with zero attached hydrogens (tertiary/aromatic N) is 5. The van der Waals surface area contributed by atoms with E-state index >= 15 is 0 Å². The molecule has 1 aromatic carbocycles. The van der Waals surface area contributed by atoms with Crippen molar-refractivity contribution in [3.63, 3.8) is 0 Å². The Kier molecular flexibility index (Phi) is 5.31. The zero-order valence-corrected chi connectivity index (χ0v) is 15.2. The zero-order chi connectivity index (χ0) is 17.1. The van der Waals surface area contributed by atoms with E-state index in [4.69, 9.17) is 9.72 Å². The van der Waals surface area contributed by atoms with E-state index in [1.165, 1.54) is 24.4 Å². The van der Waals surface area contributed by atoms with Gasteiger partial charge in [-0.2, -0.15) is 0 Å². The number of morpholine rings is 1. The van der Waals surface area contributed by atoms with Crippen molar-refractivity contribution in [3.8, 4) is 0 Å². The first-order chi connectivity index (χ1) is 12.3. The molecule has 0 spiro atoms. The van der Waals surface area contributed by atoms with Crippen molar-refractivity contribution in [2.24, 2.45) is 7.05 Å². The van der Waals surface area contributed by atoms with Crippen LogP contribution in [0.25, 0.3) is 11.0 Å². The molecule has 0 unspecified atom stereocenters. The van der Waals surface area contributed by atoms with E-state index in [0.717, 1.165) is 64.5 Å². The third-order valence-electron chi connectivity index (χ3n) is 5.55. The monoisotopic (exact) mass is 343 g/mol. The molecule has 0 amide bonds. The molecular formula is C19H29N5O. The van der Waals surface area contributed by atoms with E-state index in [1.807, 2.05) is 0 Å². The number of fused-ring (bicyclic) bond motifs is 1. The predicted octanol–water partition coefficient (Wildman–Crippen LogP) is 1.02. The van der Waals surface area contributed by atoms with Crippen LogP contribution in [0.15, 0.2) is 24.3 Å². The van der Waals surface area contributed by atoms with Crippen molar-refractivity contribution >= 4 is 11.0 Å². The first-order valence-corrected chi connectivity index (χ1v) is 9.45. The van der Waals surface area contributed by atoms with Crippen molar-refractivity contribution in [1.82, 2.24) is 24.3 Å². The molecule has 2 saturated heterocycles. The van der Waals surface area contributed by atoms with Crippen LogP contribution >= 0.6 is 0 Å².